The standard InChI is InChI=1S/C23H43N3O4/c1-5-6-7-8-9-10-14-17-19(27)26(30)22(29)25-20(23(2,3)4)21(28)24-18-15-12-11-13-16-18/h18,20,30H,5-17H2,1-4H3,(H,24,28)(H,25,29). The van der Waals surface area contributed by atoms with E-state index in [-0.39, 0.29) is 23.4 Å². The van der Waals surface area contributed by atoms with Crippen molar-refractivity contribution in [2.24, 2.45) is 5.41 Å². The Morgan fingerprint density at radius 1 is 0.967 bits per heavy atom. The highest BCUT2D eigenvalue weighted by Gasteiger charge is 2.35. The molecule has 0 bridgehead atoms. The Kier molecular flexibility index (Phi) is 12.0. The van der Waals surface area contributed by atoms with Crippen LogP contribution < -0.4 is 10.6 Å². The van der Waals surface area contributed by atoms with E-state index in [0.717, 1.165) is 44.9 Å². The Hall–Kier alpha value is -1.63. The Morgan fingerprint density at radius 3 is 2.10 bits per heavy atom. The molecule has 1 saturated carbocycles. The smallest absolute Gasteiger partial charge is 0.349 e. The summed E-state index contributed by atoms with van der Waals surface area (Å²) in [6.45, 7) is 7.71. The summed E-state index contributed by atoms with van der Waals surface area (Å²) in [5.74, 6) is -0.905. The average Bonchev–Trinajstić information content (AvgIpc) is 2.70. The van der Waals surface area contributed by atoms with E-state index in [2.05, 4.69) is 17.6 Å². The quantitative estimate of drug-likeness (QED) is 0.249. The van der Waals surface area contributed by atoms with Gasteiger partial charge in [0, 0.05) is 12.5 Å². The van der Waals surface area contributed by atoms with Crippen molar-refractivity contribution in [1.82, 2.24) is 15.7 Å². The van der Waals surface area contributed by atoms with Crippen LogP contribution in [0, 0.1) is 5.41 Å². The monoisotopic (exact) mass is 425 g/mol. The molecule has 0 saturated heterocycles. The van der Waals surface area contributed by atoms with Crippen molar-refractivity contribution in [1.29, 1.82) is 0 Å². The number of carbonyl (C=O) groups excluding carboxylic acids is 3. The van der Waals surface area contributed by atoms with Gasteiger partial charge in [0.05, 0.1) is 0 Å². The van der Waals surface area contributed by atoms with Crippen LogP contribution in [-0.2, 0) is 9.59 Å². The topological polar surface area (TPSA) is 98.7 Å². The highest BCUT2D eigenvalue weighted by atomic mass is 16.5. The van der Waals surface area contributed by atoms with Gasteiger partial charge in [0.15, 0.2) is 0 Å². The Bertz CT molecular complexity index is 539. The molecule has 1 aliphatic rings. The van der Waals surface area contributed by atoms with Gasteiger partial charge in [-0.1, -0.05) is 85.5 Å². The van der Waals surface area contributed by atoms with E-state index in [4.69, 9.17) is 0 Å². The zero-order valence-electron chi connectivity index (χ0n) is 19.5. The zero-order chi connectivity index (χ0) is 22.6. The fourth-order valence-electron chi connectivity index (χ4n) is 3.84. The molecule has 0 heterocycles. The SMILES string of the molecule is CCCCCCCCCC(=O)N(O)C(=O)NC(C(=O)NC1CCCCC1)C(C)(C)C. The van der Waals surface area contributed by atoms with Gasteiger partial charge in [0.25, 0.3) is 5.91 Å². The van der Waals surface area contributed by atoms with Gasteiger partial charge in [-0.2, -0.15) is 0 Å². The second kappa shape index (κ2) is 13.6. The number of imide groups is 1. The number of hydroxylamine groups is 2. The molecule has 0 aromatic heterocycles. The summed E-state index contributed by atoms with van der Waals surface area (Å²) in [7, 11) is 0. The number of carbonyl (C=O) groups is 3. The lowest BCUT2D eigenvalue weighted by Crippen LogP contribution is -2.58. The fourth-order valence-corrected chi connectivity index (χ4v) is 3.84. The molecule has 0 radical (unpaired) electrons. The molecule has 1 rings (SSSR count). The van der Waals surface area contributed by atoms with Gasteiger partial charge < -0.3 is 10.6 Å². The van der Waals surface area contributed by atoms with Crippen molar-refractivity contribution >= 4 is 17.8 Å². The number of amides is 4. The van der Waals surface area contributed by atoms with Crippen LogP contribution in [0.1, 0.15) is 111 Å². The van der Waals surface area contributed by atoms with Crippen LogP contribution in [0.4, 0.5) is 4.79 Å². The van der Waals surface area contributed by atoms with Crippen LogP contribution in [-0.4, -0.2) is 40.2 Å². The van der Waals surface area contributed by atoms with E-state index in [9.17, 15) is 19.6 Å². The van der Waals surface area contributed by atoms with E-state index in [1.165, 1.54) is 25.7 Å². The summed E-state index contributed by atoms with van der Waals surface area (Å²) in [5, 5.41) is 15.7. The van der Waals surface area contributed by atoms with Crippen molar-refractivity contribution in [3.63, 3.8) is 0 Å². The minimum Gasteiger partial charge on any atom is -0.352 e. The minimum atomic E-state index is -0.943. The summed E-state index contributed by atoms with van der Waals surface area (Å²) in [5.41, 5.74) is -0.559. The Morgan fingerprint density at radius 2 is 1.53 bits per heavy atom. The molecule has 0 spiro atoms. The molecule has 1 atom stereocenters. The Balaban J connectivity index is 2.48. The minimum absolute atomic E-state index is 0.117. The van der Waals surface area contributed by atoms with Gasteiger partial charge >= 0.3 is 6.03 Å². The summed E-state index contributed by atoms with van der Waals surface area (Å²) < 4.78 is 0. The maximum atomic E-state index is 12.8. The predicted molar refractivity (Wildman–Crippen MR) is 118 cm³/mol. The van der Waals surface area contributed by atoms with Crippen LogP contribution in [0.2, 0.25) is 0 Å². The van der Waals surface area contributed by atoms with Gasteiger partial charge in [-0.05, 0) is 24.7 Å². The molecule has 0 aromatic carbocycles. The molecule has 3 N–H and O–H groups in total. The molecule has 7 heteroatoms. The van der Waals surface area contributed by atoms with E-state index in [0.29, 0.717) is 6.42 Å². The van der Waals surface area contributed by atoms with Gasteiger partial charge in [-0.25, -0.2) is 4.79 Å². The molecule has 1 fully saturated rings. The molecule has 4 amide bonds. The van der Waals surface area contributed by atoms with Crippen molar-refractivity contribution in [2.45, 2.75) is 123 Å². The van der Waals surface area contributed by atoms with Crippen molar-refractivity contribution in [2.75, 3.05) is 0 Å². The fraction of sp³-hybridized carbons (Fsp3) is 0.870. The first-order chi connectivity index (χ1) is 14.2. The highest BCUT2D eigenvalue weighted by Crippen LogP contribution is 2.22. The first kappa shape index (κ1) is 26.4. The number of hydrogen-bond acceptors (Lipinski definition) is 4. The number of nitrogens with one attached hydrogen (secondary N) is 2. The lowest BCUT2D eigenvalue weighted by molar-refractivity contribution is -0.153. The van der Waals surface area contributed by atoms with Crippen molar-refractivity contribution in [3.8, 4) is 0 Å². The van der Waals surface area contributed by atoms with Crippen LogP contribution >= 0.6 is 0 Å². The molecule has 174 valence electrons. The molecule has 30 heavy (non-hydrogen) atoms. The number of rotatable bonds is 11. The van der Waals surface area contributed by atoms with Gasteiger partial charge in [0.1, 0.15) is 6.04 Å². The summed E-state index contributed by atoms with van der Waals surface area (Å²) >= 11 is 0. The largest absolute Gasteiger partial charge is 0.352 e. The molecule has 0 aromatic rings. The van der Waals surface area contributed by atoms with Gasteiger partial charge in [-0.3, -0.25) is 14.8 Å². The van der Waals surface area contributed by atoms with Crippen LogP contribution in [0.25, 0.3) is 0 Å². The molecule has 1 unspecified atom stereocenters. The first-order valence-electron chi connectivity index (χ1n) is 11.8. The lowest BCUT2D eigenvalue weighted by Gasteiger charge is -2.33. The highest BCUT2D eigenvalue weighted by molar-refractivity contribution is 5.95. The third-order valence-corrected chi connectivity index (χ3v) is 5.77. The van der Waals surface area contributed by atoms with E-state index < -0.39 is 23.4 Å². The second-order valence-corrected chi connectivity index (χ2v) is 9.67. The number of urea groups is 1. The number of unbranched alkanes of at least 4 members (excludes halogenated alkanes) is 6. The number of hydrogen-bond donors (Lipinski definition) is 3. The van der Waals surface area contributed by atoms with Gasteiger partial charge in [-0.15, -0.1) is 5.06 Å². The first-order valence-corrected chi connectivity index (χ1v) is 11.8. The maximum absolute atomic E-state index is 12.8. The summed E-state index contributed by atoms with van der Waals surface area (Å²) in [6.07, 6.45) is 12.7. The molecular formula is C23H43N3O4. The molecule has 7 nitrogen and oxygen atoms in total. The van der Waals surface area contributed by atoms with Crippen LogP contribution in [0.3, 0.4) is 0 Å². The van der Waals surface area contributed by atoms with Crippen molar-refractivity contribution < 1.29 is 19.6 Å². The van der Waals surface area contributed by atoms with E-state index >= 15 is 0 Å². The summed E-state index contributed by atoms with van der Waals surface area (Å²) in [6, 6.07) is -1.66. The zero-order valence-corrected chi connectivity index (χ0v) is 19.5. The third-order valence-electron chi connectivity index (χ3n) is 5.77. The van der Waals surface area contributed by atoms with Gasteiger partial charge in [0.2, 0.25) is 5.91 Å². The number of nitrogens with zero attached hydrogens (tertiary/aromatic N) is 1. The Labute approximate surface area is 182 Å². The molecule has 0 aliphatic heterocycles. The lowest BCUT2D eigenvalue weighted by atomic mass is 9.85. The van der Waals surface area contributed by atoms with Crippen LogP contribution in [0.15, 0.2) is 0 Å². The molecule has 1 aliphatic carbocycles. The average molecular weight is 426 g/mol. The van der Waals surface area contributed by atoms with E-state index in [1.807, 2.05) is 20.8 Å². The maximum Gasteiger partial charge on any atom is 0.349 e. The second-order valence-electron chi connectivity index (χ2n) is 9.67. The van der Waals surface area contributed by atoms with E-state index in [1.54, 1.807) is 0 Å². The third kappa shape index (κ3) is 9.92. The van der Waals surface area contributed by atoms with Crippen LogP contribution in [0.5, 0.6) is 0 Å². The predicted octanol–water partition coefficient (Wildman–Crippen LogP) is 4.92. The summed E-state index contributed by atoms with van der Waals surface area (Å²) in [4.78, 5) is 37.4. The van der Waals surface area contributed by atoms with Crippen molar-refractivity contribution in [3.05, 3.63) is 0 Å². The molecular weight excluding hydrogens is 382 g/mol. The normalized spacial score (nSPS) is 16.0.